The van der Waals surface area contributed by atoms with Crippen molar-refractivity contribution in [3.05, 3.63) is 95.8 Å². The summed E-state index contributed by atoms with van der Waals surface area (Å²) in [6.45, 7) is 0.629. The molecule has 1 aromatic heterocycles. The van der Waals surface area contributed by atoms with Gasteiger partial charge in [-0.05, 0) is 35.4 Å². The third-order valence-electron chi connectivity index (χ3n) is 8.01. The molecule has 4 aromatic rings. The average molecular weight is 584 g/mol. The molecule has 0 saturated carbocycles. The molecule has 0 aliphatic carbocycles. The maximum Gasteiger partial charge on any atom is 0.334 e. The quantitative estimate of drug-likeness (QED) is 0.361. The van der Waals surface area contributed by atoms with Gasteiger partial charge in [0.15, 0.2) is 0 Å². The van der Waals surface area contributed by atoms with E-state index in [2.05, 4.69) is 5.32 Å². The van der Waals surface area contributed by atoms with Crippen molar-refractivity contribution in [2.45, 2.75) is 39.1 Å². The Morgan fingerprint density at radius 1 is 0.953 bits per heavy atom. The van der Waals surface area contributed by atoms with E-state index in [9.17, 15) is 19.5 Å². The molecule has 11 nitrogen and oxygen atoms in total. The van der Waals surface area contributed by atoms with Gasteiger partial charge in [0.2, 0.25) is 11.8 Å². The van der Waals surface area contributed by atoms with E-state index in [1.807, 2.05) is 66.2 Å². The largest absolute Gasteiger partial charge is 0.508 e. The molecule has 2 N–H and O–H groups in total. The number of benzene rings is 3. The number of phenolic OH excluding ortho intramolecular Hbond substituents is 1. The number of aromatic hydroxyl groups is 1. The molecule has 43 heavy (non-hydrogen) atoms. The number of rotatable bonds is 6. The number of hydrogen-bond donors (Lipinski definition) is 2. The van der Waals surface area contributed by atoms with Crippen molar-refractivity contribution in [3.8, 4) is 5.75 Å². The van der Waals surface area contributed by atoms with E-state index in [1.54, 1.807) is 51.1 Å². The van der Waals surface area contributed by atoms with Crippen molar-refractivity contribution < 1.29 is 19.5 Å². The first-order valence-electron chi connectivity index (χ1n) is 13.9. The molecule has 0 unspecified atom stereocenters. The summed E-state index contributed by atoms with van der Waals surface area (Å²) >= 11 is 0. The molecule has 224 valence electrons. The summed E-state index contributed by atoms with van der Waals surface area (Å²) < 4.78 is 1.96. The van der Waals surface area contributed by atoms with Crippen LogP contribution in [-0.2, 0) is 36.1 Å². The summed E-state index contributed by atoms with van der Waals surface area (Å²) in [7, 11) is 3.62. The van der Waals surface area contributed by atoms with Gasteiger partial charge in [-0.1, -0.05) is 62.0 Å². The highest BCUT2D eigenvalue weighted by Gasteiger charge is 2.50. The van der Waals surface area contributed by atoms with Gasteiger partial charge in [0.1, 0.15) is 23.8 Å². The molecule has 3 heterocycles. The van der Waals surface area contributed by atoms with Crippen LogP contribution in [0.15, 0.2) is 78.9 Å². The maximum atomic E-state index is 14.1. The number of aromatic nitrogens is 2. The van der Waals surface area contributed by atoms with Gasteiger partial charge in [0.05, 0.1) is 30.7 Å². The first kappa shape index (κ1) is 29.6. The summed E-state index contributed by atoms with van der Waals surface area (Å²) in [5.74, 6) is 0.381. The Labute approximate surface area is 250 Å². The van der Waals surface area contributed by atoms with E-state index in [0.29, 0.717) is 12.4 Å². The number of carbonyl (C=O) groups excluding carboxylic acids is 3. The Balaban J connectivity index is 0.00000368. The van der Waals surface area contributed by atoms with Crippen LogP contribution in [0.3, 0.4) is 0 Å². The highest BCUT2D eigenvalue weighted by molar-refractivity contribution is 5.91. The molecule has 11 heteroatoms. The van der Waals surface area contributed by atoms with Gasteiger partial charge < -0.3 is 24.8 Å². The molecule has 6 rings (SSSR count). The Hall–Kier alpha value is -4.90. The topological polar surface area (TPSA) is 114 Å². The number of fused-ring (bicyclic) bond motifs is 2. The molecule has 2 saturated heterocycles. The summed E-state index contributed by atoms with van der Waals surface area (Å²) in [5.41, 5.74) is 3.53. The monoisotopic (exact) mass is 583 g/mol. The molecule has 3 aromatic carbocycles. The second-order valence-corrected chi connectivity index (χ2v) is 10.8. The number of hydrogen-bond acceptors (Lipinski definition) is 6. The number of urea groups is 1. The highest BCUT2D eigenvalue weighted by Crippen LogP contribution is 2.29. The van der Waals surface area contributed by atoms with Crippen molar-refractivity contribution in [1.82, 2.24) is 34.7 Å². The van der Waals surface area contributed by atoms with Crippen LogP contribution in [0.4, 0.5) is 4.79 Å². The predicted molar refractivity (Wildman–Crippen MR) is 162 cm³/mol. The lowest BCUT2D eigenvalue weighted by Gasteiger charge is -2.54. The van der Waals surface area contributed by atoms with Crippen LogP contribution < -0.4 is 5.32 Å². The summed E-state index contributed by atoms with van der Waals surface area (Å²) in [4.78, 5) is 49.3. The molecule has 2 atom stereocenters. The number of likely N-dealkylation sites (N-methyl/N-ethyl adjacent to an activating group) is 1. The Bertz CT molecular complexity index is 1620. The zero-order chi connectivity index (χ0) is 29.4. The first-order chi connectivity index (χ1) is 20.3. The lowest BCUT2D eigenvalue weighted by Crippen LogP contribution is -2.76. The number of amides is 4. The van der Waals surface area contributed by atoms with Crippen LogP contribution in [0.25, 0.3) is 11.0 Å². The summed E-state index contributed by atoms with van der Waals surface area (Å²) in [6, 6.07) is 22.8. The molecule has 2 aliphatic rings. The predicted octanol–water partition coefficient (Wildman–Crippen LogP) is 3.10. The summed E-state index contributed by atoms with van der Waals surface area (Å²) in [5, 5.41) is 15.9. The lowest BCUT2D eigenvalue weighted by atomic mass is 9.98. The number of nitrogens with zero attached hydrogens (tertiary/aromatic N) is 6. The van der Waals surface area contributed by atoms with Crippen LogP contribution in [0, 0.1) is 0 Å². The number of aryl methyl sites for hydroxylation is 1. The van der Waals surface area contributed by atoms with E-state index in [1.165, 1.54) is 0 Å². The fourth-order valence-electron chi connectivity index (χ4n) is 5.86. The standard InChI is InChI=1S/C31H33N7O4.CH4/c1-34-20-29(40)37-26(16-21-12-14-23(39)15-13-21)30(41)36(18-27-33-24-10-6-7-11-25(24)35(27)2)19-28(37)38(34)31(42)32-17-22-8-4-3-5-9-22;/h3-15,26,28,39H,16-20H2,1-2H3,(H,32,42);1H4/t26-,28-;/m0./s1. The Kier molecular flexibility index (Phi) is 8.36. The molecular weight excluding hydrogens is 546 g/mol. The number of nitrogens with one attached hydrogen (secondary N) is 1. The molecule has 2 fully saturated rings. The fraction of sp³-hybridized carbons (Fsp3) is 0.312. The third kappa shape index (κ3) is 5.76. The Morgan fingerprint density at radius 2 is 1.65 bits per heavy atom. The van der Waals surface area contributed by atoms with Gasteiger partial charge in [0.25, 0.3) is 0 Å². The molecule has 0 spiro atoms. The van der Waals surface area contributed by atoms with Crippen molar-refractivity contribution in [3.63, 3.8) is 0 Å². The zero-order valence-corrected chi connectivity index (χ0v) is 23.6. The van der Waals surface area contributed by atoms with Crippen molar-refractivity contribution >= 4 is 28.9 Å². The van der Waals surface area contributed by atoms with Crippen LogP contribution in [0.1, 0.15) is 24.4 Å². The van der Waals surface area contributed by atoms with E-state index < -0.39 is 12.2 Å². The zero-order valence-electron chi connectivity index (χ0n) is 23.6. The van der Waals surface area contributed by atoms with Gasteiger partial charge in [0, 0.05) is 27.1 Å². The molecular formula is C32H37N7O4. The minimum absolute atomic E-state index is 0. The number of para-hydroxylation sites is 2. The number of imidazole rings is 1. The van der Waals surface area contributed by atoms with Crippen LogP contribution in [0.2, 0.25) is 0 Å². The van der Waals surface area contributed by atoms with Gasteiger partial charge in [-0.15, -0.1) is 0 Å². The van der Waals surface area contributed by atoms with E-state index in [0.717, 1.165) is 22.2 Å². The minimum Gasteiger partial charge on any atom is -0.508 e. The van der Waals surface area contributed by atoms with Crippen LogP contribution in [-0.4, -0.2) is 84.7 Å². The molecule has 2 aliphatic heterocycles. The van der Waals surface area contributed by atoms with Crippen LogP contribution >= 0.6 is 0 Å². The van der Waals surface area contributed by atoms with Crippen molar-refractivity contribution in [2.75, 3.05) is 20.1 Å². The SMILES string of the molecule is C.CN1CC(=O)N2[C@@H](Cc3ccc(O)cc3)C(=O)N(Cc3nc4ccccc4n3C)C[C@@H]2N1C(=O)NCc1ccccc1. The molecule has 4 amide bonds. The van der Waals surface area contributed by atoms with Crippen molar-refractivity contribution in [1.29, 1.82) is 0 Å². The highest BCUT2D eigenvalue weighted by atomic mass is 16.3. The lowest BCUT2D eigenvalue weighted by molar-refractivity contribution is -0.187. The molecule has 0 bridgehead atoms. The smallest absolute Gasteiger partial charge is 0.334 e. The average Bonchev–Trinajstić information content (AvgIpc) is 3.30. The number of carbonyl (C=O) groups is 3. The second kappa shape index (κ2) is 12.1. The second-order valence-electron chi connectivity index (χ2n) is 10.8. The minimum atomic E-state index is -0.839. The van der Waals surface area contributed by atoms with E-state index in [4.69, 9.17) is 4.98 Å². The number of hydrazine groups is 1. The fourth-order valence-corrected chi connectivity index (χ4v) is 5.86. The van der Waals surface area contributed by atoms with Crippen LogP contribution in [0.5, 0.6) is 5.75 Å². The third-order valence-corrected chi connectivity index (χ3v) is 8.01. The van der Waals surface area contributed by atoms with Gasteiger partial charge in [-0.3, -0.25) is 9.59 Å². The summed E-state index contributed by atoms with van der Waals surface area (Å²) in [6.07, 6.45) is -0.481. The van der Waals surface area contributed by atoms with Gasteiger partial charge in [-0.25, -0.2) is 19.8 Å². The maximum absolute atomic E-state index is 14.1. The van der Waals surface area contributed by atoms with E-state index in [-0.39, 0.29) is 57.1 Å². The van der Waals surface area contributed by atoms with Gasteiger partial charge >= 0.3 is 6.03 Å². The van der Waals surface area contributed by atoms with Crippen molar-refractivity contribution in [2.24, 2.45) is 7.05 Å². The number of phenols is 1. The normalized spacial score (nSPS) is 18.9. The first-order valence-corrected chi connectivity index (χ1v) is 13.9. The molecule has 0 radical (unpaired) electrons. The Morgan fingerprint density at radius 3 is 2.37 bits per heavy atom. The van der Waals surface area contributed by atoms with E-state index >= 15 is 0 Å². The number of piperazine rings is 1. The van der Waals surface area contributed by atoms with Gasteiger partial charge in [-0.2, -0.15) is 0 Å².